The first kappa shape index (κ1) is 26.2. The molecule has 0 spiro atoms. The van der Waals surface area contributed by atoms with Crippen LogP contribution in [0.5, 0.6) is 0 Å². The maximum atomic E-state index is 12.1. The summed E-state index contributed by atoms with van der Waals surface area (Å²) in [5.74, 6) is -0.0314. The molecule has 1 unspecified atom stereocenters. The molecule has 1 fully saturated rings. The Labute approximate surface area is 233 Å². The summed E-state index contributed by atoms with van der Waals surface area (Å²) in [6.07, 6.45) is 0.923. The largest absolute Gasteiger partial charge is 0.478 e. The molecule has 41 heavy (non-hydrogen) atoms. The summed E-state index contributed by atoms with van der Waals surface area (Å²) < 4.78 is 26.4. The number of aromatic carboxylic acids is 1. The molecule has 4 aromatic rings. The average molecular weight is 559 g/mol. The van der Waals surface area contributed by atoms with Gasteiger partial charge < -0.3 is 29.4 Å². The third-order valence-electron chi connectivity index (χ3n) is 6.55. The van der Waals surface area contributed by atoms with Crippen molar-refractivity contribution in [3.63, 3.8) is 0 Å². The van der Waals surface area contributed by atoms with Crippen LogP contribution in [0.3, 0.4) is 0 Å². The number of carboxylic acids is 1. The van der Waals surface area contributed by atoms with Crippen LogP contribution in [0.25, 0.3) is 17.0 Å². The Morgan fingerprint density at radius 2 is 1.85 bits per heavy atom. The third-order valence-corrected chi connectivity index (χ3v) is 6.55. The Morgan fingerprint density at radius 1 is 1.05 bits per heavy atom. The number of amides is 2. The van der Waals surface area contributed by atoms with Gasteiger partial charge in [0.2, 0.25) is 12.2 Å². The van der Waals surface area contributed by atoms with Crippen molar-refractivity contribution in [2.45, 2.75) is 32.0 Å². The molecule has 3 N–H and O–H groups in total. The Morgan fingerprint density at radius 3 is 2.66 bits per heavy atom. The maximum absolute atomic E-state index is 12.1. The van der Waals surface area contributed by atoms with E-state index in [1.54, 1.807) is 22.8 Å². The van der Waals surface area contributed by atoms with Gasteiger partial charge in [0.25, 0.3) is 0 Å². The van der Waals surface area contributed by atoms with Gasteiger partial charge in [0.1, 0.15) is 12.7 Å². The van der Waals surface area contributed by atoms with Gasteiger partial charge in [-0.15, -0.1) is 0 Å². The van der Waals surface area contributed by atoms with Crippen molar-refractivity contribution >= 4 is 34.9 Å². The average Bonchev–Trinajstić information content (AvgIpc) is 3.69. The summed E-state index contributed by atoms with van der Waals surface area (Å²) in [5.41, 5.74) is 2.29. The Bertz CT molecular complexity index is 1620. The van der Waals surface area contributed by atoms with Crippen molar-refractivity contribution in [2.24, 2.45) is 0 Å². The molecule has 0 bridgehead atoms. The minimum atomic E-state index is -1.03. The molecule has 2 amide bonds. The van der Waals surface area contributed by atoms with Crippen LogP contribution in [0.4, 0.5) is 10.6 Å². The fourth-order valence-electron chi connectivity index (χ4n) is 4.68. The van der Waals surface area contributed by atoms with Crippen molar-refractivity contribution in [3.05, 3.63) is 89.7 Å². The van der Waals surface area contributed by atoms with E-state index in [4.69, 9.17) is 18.9 Å². The zero-order chi connectivity index (χ0) is 28.3. The molecule has 3 atom stereocenters. The normalized spacial score (nSPS) is 19.5. The number of carboxylic acid groups (broad SMARTS) is 1. The van der Waals surface area contributed by atoms with Crippen LogP contribution in [0.15, 0.2) is 73.0 Å². The molecule has 2 aliphatic rings. The van der Waals surface area contributed by atoms with Gasteiger partial charge in [-0.1, -0.05) is 48.5 Å². The lowest BCUT2D eigenvalue weighted by atomic mass is 10.1. The predicted octanol–water partition coefficient (Wildman–Crippen LogP) is 3.52. The minimum absolute atomic E-state index is 0.0682. The van der Waals surface area contributed by atoms with E-state index in [1.165, 1.54) is 18.7 Å². The molecule has 13 nitrogen and oxygen atoms in total. The van der Waals surface area contributed by atoms with Gasteiger partial charge in [-0.3, -0.25) is 5.32 Å². The second-order valence-electron chi connectivity index (χ2n) is 9.21. The summed E-state index contributed by atoms with van der Waals surface area (Å²) in [5, 5.41) is 14.8. The van der Waals surface area contributed by atoms with Gasteiger partial charge in [0.15, 0.2) is 34.9 Å². The fraction of sp³-hybridized carbons (Fsp3) is 0.250. The zero-order valence-corrected chi connectivity index (χ0v) is 21.9. The highest BCUT2D eigenvalue weighted by Gasteiger charge is 2.48. The van der Waals surface area contributed by atoms with Gasteiger partial charge in [-0.2, -0.15) is 0 Å². The van der Waals surface area contributed by atoms with Crippen LogP contribution in [0, 0.1) is 0 Å². The number of urea groups is 1. The maximum Gasteiger partial charge on any atom is 0.336 e. The van der Waals surface area contributed by atoms with Crippen LogP contribution >= 0.6 is 0 Å². The number of carbonyl (C=O) groups excluding carboxylic acids is 1. The topological polar surface area (TPSA) is 159 Å². The van der Waals surface area contributed by atoms with E-state index in [0.29, 0.717) is 34.9 Å². The second-order valence-corrected chi connectivity index (χ2v) is 9.21. The Kier molecular flexibility index (Phi) is 7.18. The summed E-state index contributed by atoms with van der Waals surface area (Å²) in [7, 11) is 0. The van der Waals surface area contributed by atoms with Crippen molar-refractivity contribution < 1.29 is 33.6 Å². The van der Waals surface area contributed by atoms with Crippen LogP contribution in [0.1, 0.15) is 34.7 Å². The number of ether oxygens (including phenoxy) is 4. The number of nitrogens with one attached hydrogen (secondary N) is 2. The molecular weight excluding hydrogens is 532 g/mol. The molecule has 2 aliphatic heterocycles. The van der Waals surface area contributed by atoms with E-state index < -0.39 is 30.5 Å². The predicted molar refractivity (Wildman–Crippen MR) is 144 cm³/mol. The van der Waals surface area contributed by atoms with Gasteiger partial charge in [0, 0.05) is 12.1 Å². The van der Waals surface area contributed by atoms with Crippen molar-refractivity contribution in [3.8, 4) is 0 Å². The van der Waals surface area contributed by atoms with Crippen LogP contribution in [-0.4, -0.2) is 62.0 Å². The number of carbonyl (C=O) groups is 2. The molecule has 6 rings (SSSR count). The Balaban J connectivity index is 1.28. The number of hydrogen-bond acceptors (Lipinski definition) is 9. The lowest BCUT2D eigenvalue weighted by Gasteiger charge is -2.19. The monoisotopic (exact) mass is 558 g/mol. The minimum Gasteiger partial charge on any atom is -0.478 e. The van der Waals surface area contributed by atoms with Crippen molar-refractivity contribution in [2.75, 3.05) is 18.5 Å². The summed E-state index contributed by atoms with van der Waals surface area (Å²) >= 11 is 0. The van der Waals surface area contributed by atoms with Crippen LogP contribution in [-0.2, 0) is 25.6 Å². The lowest BCUT2D eigenvalue weighted by Crippen LogP contribution is -2.29. The Hall–Kier alpha value is -5.01. The van der Waals surface area contributed by atoms with E-state index in [2.05, 4.69) is 25.6 Å². The highest BCUT2D eigenvalue weighted by atomic mass is 16.8. The van der Waals surface area contributed by atoms with E-state index in [0.717, 1.165) is 5.56 Å². The standard InChI is InChI=1S/C28H26N6O7/c1-2-29-28(37)33-23-20-24(31-14-30-23)34(15-32-20)25-22-21(40-27(41-22)16-8-4-3-5-9-16)19(39-25)13-38-12-17-10-6-7-11-18(17)26(35)36/h3-11,14-15,19,21,27H,2,12-13H2,1H3,(H,35,36)(H2,29,30,31,33,37)/t19-,21-,27?/m1/s1. The van der Waals surface area contributed by atoms with E-state index in [1.807, 2.05) is 37.3 Å². The summed E-state index contributed by atoms with van der Waals surface area (Å²) in [6, 6.07) is 15.7. The summed E-state index contributed by atoms with van der Waals surface area (Å²) in [4.78, 5) is 36.6. The number of fused-ring (bicyclic) bond motifs is 2. The fourth-order valence-corrected chi connectivity index (χ4v) is 4.68. The number of imidazole rings is 1. The van der Waals surface area contributed by atoms with Gasteiger partial charge >= 0.3 is 12.0 Å². The number of benzene rings is 2. The molecule has 210 valence electrons. The number of hydrogen-bond donors (Lipinski definition) is 3. The van der Waals surface area contributed by atoms with Gasteiger partial charge in [-0.05, 0) is 18.6 Å². The molecule has 0 saturated carbocycles. The molecule has 0 aliphatic carbocycles. The number of aromatic nitrogens is 4. The van der Waals surface area contributed by atoms with Crippen LogP contribution < -0.4 is 10.6 Å². The quantitative estimate of drug-likeness (QED) is 0.277. The van der Waals surface area contributed by atoms with Crippen LogP contribution in [0.2, 0.25) is 0 Å². The van der Waals surface area contributed by atoms with E-state index in [9.17, 15) is 14.7 Å². The first-order valence-electron chi connectivity index (χ1n) is 12.9. The second kappa shape index (κ2) is 11.2. The number of rotatable bonds is 9. The first-order chi connectivity index (χ1) is 20.0. The molecular formula is C28H26N6O7. The highest BCUT2D eigenvalue weighted by Crippen LogP contribution is 2.44. The SMILES string of the molecule is CCNC(=O)Nc1ncnc2c1ncn2C1=C2OC(c3ccccc3)O[C@@H]2[C@@H](COCc2ccccc2C(=O)O)O1. The molecule has 2 aromatic heterocycles. The molecule has 2 aromatic carbocycles. The van der Waals surface area contributed by atoms with E-state index >= 15 is 0 Å². The molecule has 13 heteroatoms. The highest BCUT2D eigenvalue weighted by molar-refractivity contribution is 5.96. The molecule has 4 heterocycles. The lowest BCUT2D eigenvalue weighted by molar-refractivity contribution is -0.0997. The smallest absolute Gasteiger partial charge is 0.336 e. The summed E-state index contributed by atoms with van der Waals surface area (Å²) in [6.45, 7) is 2.41. The molecule has 1 saturated heterocycles. The van der Waals surface area contributed by atoms with Crippen molar-refractivity contribution in [1.29, 1.82) is 0 Å². The van der Waals surface area contributed by atoms with Crippen molar-refractivity contribution in [1.82, 2.24) is 24.8 Å². The number of anilines is 1. The van der Waals surface area contributed by atoms with E-state index in [-0.39, 0.29) is 24.6 Å². The number of nitrogens with zero attached hydrogens (tertiary/aromatic N) is 4. The zero-order valence-electron chi connectivity index (χ0n) is 21.9. The molecule has 0 radical (unpaired) electrons. The van der Waals surface area contributed by atoms with Gasteiger partial charge in [-0.25, -0.2) is 29.1 Å². The first-order valence-corrected chi connectivity index (χ1v) is 12.9. The third kappa shape index (κ3) is 5.15. The van der Waals surface area contributed by atoms with Gasteiger partial charge in [0.05, 0.1) is 18.8 Å².